The summed E-state index contributed by atoms with van der Waals surface area (Å²) < 4.78 is 22.4. The molecule has 0 aliphatic heterocycles. The Bertz CT molecular complexity index is 996. The average Bonchev–Trinajstić information content (AvgIpc) is 2.64. The molecule has 140 valence electrons. The predicted octanol–water partition coefficient (Wildman–Crippen LogP) is 1.80. The van der Waals surface area contributed by atoms with Crippen molar-refractivity contribution in [3.05, 3.63) is 76.5 Å². The Balaban J connectivity index is 1.93. The summed E-state index contributed by atoms with van der Waals surface area (Å²) in [6.07, 6.45) is 1.30. The van der Waals surface area contributed by atoms with Gasteiger partial charge in [-0.2, -0.15) is 5.26 Å². The number of hydrogen-bond donors (Lipinski definition) is 3. The molecule has 0 aromatic heterocycles. The van der Waals surface area contributed by atoms with Gasteiger partial charge >= 0.3 is 0 Å². The third-order valence-corrected chi connectivity index (χ3v) is 4.86. The highest BCUT2D eigenvalue weighted by Crippen LogP contribution is 2.14. The summed E-state index contributed by atoms with van der Waals surface area (Å²) in [4.78, 5) is 12.1. The molecule has 2 rings (SSSR count). The maximum absolute atomic E-state index is 12.1. The van der Waals surface area contributed by atoms with E-state index in [0.717, 1.165) is 11.1 Å². The number of primary sulfonamides is 1. The average molecular weight is 405 g/mol. The molecule has 0 atom stereocenters. The minimum absolute atomic E-state index is 0.0125. The van der Waals surface area contributed by atoms with Gasteiger partial charge in [-0.15, -0.1) is 0 Å². The number of carbonyl (C=O) groups is 1. The van der Waals surface area contributed by atoms with Crippen molar-refractivity contribution in [2.24, 2.45) is 5.14 Å². The summed E-state index contributed by atoms with van der Waals surface area (Å²) in [5.74, 6) is -0.533. The summed E-state index contributed by atoms with van der Waals surface area (Å²) in [6, 6.07) is 14.9. The summed E-state index contributed by atoms with van der Waals surface area (Å²) in [5.41, 5.74) is 1.41. The van der Waals surface area contributed by atoms with Crippen molar-refractivity contribution in [3.63, 3.8) is 0 Å². The van der Waals surface area contributed by atoms with E-state index < -0.39 is 15.9 Å². The van der Waals surface area contributed by atoms with E-state index in [9.17, 15) is 13.2 Å². The van der Waals surface area contributed by atoms with Crippen LogP contribution >= 0.6 is 11.6 Å². The lowest BCUT2D eigenvalue weighted by molar-refractivity contribution is -0.117. The Labute approximate surface area is 162 Å². The van der Waals surface area contributed by atoms with Crippen LogP contribution in [-0.2, 0) is 27.9 Å². The van der Waals surface area contributed by atoms with E-state index in [1.54, 1.807) is 36.4 Å². The predicted molar refractivity (Wildman–Crippen MR) is 102 cm³/mol. The molecule has 2 aromatic carbocycles. The Morgan fingerprint density at radius 3 is 2.41 bits per heavy atom. The lowest BCUT2D eigenvalue weighted by Crippen LogP contribution is -2.25. The van der Waals surface area contributed by atoms with Crippen LogP contribution < -0.4 is 15.8 Å². The topological polar surface area (TPSA) is 125 Å². The van der Waals surface area contributed by atoms with Gasteiger partial charge in [-0.05, 0) is 29.3 Å². The van der Waals surface area contributed by atoms with Crippen molar-refractivity contribution >= 4 is 27.5 Å². The Morgan fingerprint density at radius 1 is 1.15 bits per heavy atom. The number of nitrogens with two attached hydrogens (primary N) is 1. The summed E-state index contributed by atoms with van der Waals surface area (Å²) in [6.45, 7) is 0.500. The standard InChI is InChI=1S/C18H17ClN4O3S/c19-17-4-2-1-3-14(17)12-23-18(24)15(9-20)11-22-10-13-5-7-16(8-6-13)27(21,25)26/h1-8,11,22H,10,12H2,(H,23,24)(H2,21,25,26)/b15-11-. The SMILES string of the molecule is N#C/C(=C/NCc1ccc(S(N)(=O)=O)cc1)C(=O)NCc1ccccc1Cl. The van der Waals surface area contributed by atoms with Crippen molar-refractivity contribution < 1.29 is 13.2 Å². The molecule has 9 heteroatoms. The van der Waals surface area contributed by atoms with Crippen LogP contribution in [0.15, 0.2) is 65.2 Å². The van der Waals surface area contributed by atoms with Crippen LogP contribution in [0, 0.1) is 11.3 Å². The Morgan fingerprint density at radius 2 is 1.81 bits per heavy atom. The third kappa shape index (κ3) is 6.11. The Hall–Kier alpha value is -2.86. The van der Waals surface area contributed by atoms with Gasteiger partial charge in [0.15, 0.2) is 0 Å². The first-order valence-electron chi connectivity index (χ1n) is 7.78. The second kappa shape index (κ2) is 9.19. The van der Waals surface area contributed by atoms with Gasteiger partial charge in [0.1, 0.15) is 11.6 Å². The first-order chi connectivity index (χ1) is 12.8. The van der Waals surface area contributed by atoms with Crippen molar-refractivity contribution in [2.45, 2.75) is 18.0 Å². The lowest BCUT2D eigenvalue weighted by atomic mass is 10.2. The second-order valence-corrected chi connectivity index (χ2v) is 7.48. The van der Waals surface area contributed by atoms with Gasteiger partial charge in [-0.1, -0.05) is 41.9 Å². The smallest absolute Gasteiger partial charge is 0.263 e. The fourth-order valence-corrected chi connectivity index (χ4v) is 2.85. The molecule has 7 nitrogen and oxygen atoms in total. The molecular formula is C18H17ClN4O3S. The number of halogens is 1. The minimum atomic E-state index is -3.74. The highest BCUT2D eigenvalue weighted by atomic mass is 35.5. The molecular weight excluding hydrogens is 388 g/mol. The summed E-state index contributed by atoms with van der Waals surface area (Å²) in [7, 11) is -3.74. The molecule has 0 saturated carbocycles. The summed E-state index contributed by atoms with van der Waals surface area (Å²) >= 11 is 6.02. The van der Waals surface area contributed by atoms with Crippen molar-refractivity contribution in [2.75, 3.05) is 0 Å². The minimum Gasteiger partial charge on any atom is -0.386 e. The molecule has 0 aliphatic carbocycles. The highest BCUT2D eigenvalue weighted by Gasteiger charge is 2.10. The van der Waals surface area contributed by atoms with Gasteiger partial charge in [-0.3, -0.25) is 4.79 Å². The summed E-state index contributed by atoms with van der Waals surface area (Å²) in [5, 5.41) is 20.2. The number of sulfonamides is 1. The molecule has 0 saturated heterocycles. The maximum atomic E-state index is 12.1. The molecule has 2 aromatic rings. The van der Waals surface area contributed by atoms with Crippen molar-refractivity contribution in [1.29, 1.82) is 5.26 Å². The van der Waals surface area contributed by atoms with Crippen molar-refractivity contribution in [3.8, 4) is 6.07 Å². The van der Waals surface area contributed by atoms with E-state index in [-0.39, 0.29) is 17.0 Å². The van der Waals surface area contributed by atoms with E-state index in [1.807, 2.05) is 6.07 Å². The molecule has 0 spiro atoms. The quantitative estimate of drug-likeness (QED) is 0.479. The molecule has 0 aliphatic rings. The maximum Gasteiger partial charge on any atom is 0.263 e. The van der Waals surface area contributed by atoms with Gasteiger partial charge in [0.2, 0.25) is 10.0 Å². The van der Waals surface area contributed by atoms with Gasteiger partial charge in [0.05, 0.1) is 4.90 Å². The van der Waals surface area contributed by atoms with Crippen LogP contribution in [0.5, 0.6) is 0 Å². The molecule has 4 N–H and O–H groups in total. The largest absolute Gasteiger partial charge is 0.386 e. The number of amides is 1. The number of benzene rings is 2. The van der Waals surface area contributed by atoms with Crippen LogP contribution in [0.1, 0.15) is 11.1 Å². The number of nitrogens with zero attached hydrogens (tertiary/aromatic N) is 1. The van der Waals surface area contributed by atoms with Crippen LogP contribution in [0.25, 0.3) is 0 Å². The first kappa shape index (κ1) is 20.5. The van der Waals surface area contributed by atoms with E-state index in [1.165, 1.54) is 18.3 Å². The lowest BCUT2D eigenvalue weighted by Gasteiger charge is -2.07. The van der Waals surface area contributed by atoms with Crippen molar-refractivity contribution in [1.82, 2.24) is 10.6 Å². The van der Waals surface area contributed by atoms with Crippen LogP contribution in [0.2, 0.25) is 5.02 Å². The first-order valence-corrected chi connectivity index (χ1v) is 9.70. The van der Waals surface area contributed by atoms with Gasteiger partial charge in [0.25, 0.3) is 5.91 Å². The zero-order chi connectivity index (χ0) is 19.9. The fraction of sp³-hybridized carbons (Fsp3) is 0.111. The zero-order valence-electron chi connectivity index (χ0n) is 14.1. The second-order valence-electron chi connectivity index (χ2n) is 5.51. The van der Waals surface area contributed by atoms with Crippen LogP contribution in [0.3, 0.4) is 0 Å². The third-order valence-electron chi connectivity index (χ3n) is 3.57. The molecule has 0 unspecified atom stereocenters. The number of carbonyl (C=O) groups excluding carboxylic acids is 1. The highest BCUT2D eigenvalue weighted by molar-refractivity contribution is 7.89. The van der Waals surface area contributed by atoms with Crippen LogP contribution in [-0.4, -0.2) is 14.3 Å². The molecule has 1 amide bonds. The van der Waals surface area contributed by atoms with Gasteiger partial charge in [0, 0.05) is 24.3 Å². The molecule has 0 fully saturated rings. The number of nitrogens with one attached hydrogen (secondary N) is 2. The molecule has 0 bridgehead atoms. The van der Waals surface area contributed by atoms with Gasteiger partial charge < -0.3 is 10.6 Å². The van der Waals surface area contributed by atoms with E-state index >= 15 is 0 Å². The number of nitriles is 1. The molecule has 0 heterocycles. The normalized spacial score (nSPS) is 11.5. The van der Waals surface area contributed by atoms with E-state index in [0.29, 0.717) is 11.6 Å². The number of hydrogen-bond acceptors (Lipinski definition) is 5. The van der Waals surface area contributed by atoms with Gasteiger partial charge in [-0.25, -0.2) is 13.6 Å². The van der Waals surface area contributed by atoms with E-state index in [2.05, 4.69) is 10.6 Å². The van der Waals surface area contributed by atoms with Crippen LogP contribution in [0.4, 0.5) is 0 Å². The zero-order valence-corrected chi connectivity index (χ0v) is 15.7. The monoisotopic (exact) mass is 404 g/mol. The molecule has 0 radical (unpaired) electrons. The fourth-order valence-electron chi connectivity index (χ4n) is 2.13. The van der Waals surface area contributed by atoms with E-state index in [4.69, 9.17) is 22.0 Å². The number of rotatable bonds is 7. The Kier molecular flexibility index (Phi) is 6.96. The molecule has 27 heavy (non-hydrogen) atoms.